The highest BCUT2D eigenvalue weighted by Gasteiger charge is 2.21. The maximum atomic E-state index is 11.9. The molecule has 0 aliphatic heterocycles. The van der Waals surface area contributed by atoms with Crippen molar-refractivity contribution in [2.45, 2.75) is 45.3 Å². The number of benzene rings is 1. The second-order valence-electron chi connectivity index (χ2n) is 6.05. The molecule has 22 heavy (non-hydrogen) atoms. The van der Waals surface area contributed by atoms with Crippen LogP contribution in [0.3, 0.4) is 0 Å². The third kappa shape index (κ3) is 7.45. The first kappa shape index (κ1) is 18.5. The summed E-state index contributed by atoms with van der Waals surface area (Å²) in [6, 6.07) is 7.45. The van der Waals surface area contributed by atoms with Crippen LogP contribution in [0.5, 0.6) is 0 Å². The zero-order valence-electron chi connectivity index (χ0n) is 13.4. The van der Waals surface area contributed by atoms with E-state index in [0.29, 0.717) is 6.42 Å². The summed E-state index contributed by atoms with van der Waals surface area (Å²) in [6.45, 7) is 5.40. The normalized spacial score (nSPS) is 12.4. The van der Waals surface area contributed by atoms with E-state index in [9.17, 15) is 9.59 Å². The summed E-state index contributed by atoms with van der Waals surface area (Å²) in [5.41, 5.74) is 0.465. The molecule has 2 amide bonds. The minimum absolute atomic E-state index is 0.127. The van der Waals surface area contributed by atoms with Gasteiger partial charge in [0.15, 0.2) is 0 Å². The molecule has 1 aromatic carbocycles. The van der Waals surface area contributed by atoms with Gasteiger partial charge in [-0.15, -0.1) is 0 Å². The van der Waals surface area contributed by atoms with Crippen LogP contribution in [0, 0.1) is 0 Å². The minimum atomic E-state index is -0.570. The summed E-state index contributed by atoms with van der Waals surface area (Å²) in [6.07, 6.45) is 0.240. The van der Waals surface area contributed by atoms with Gasteiger partial charge >= 0.3 is 6.09 Å². The van der Waals surface area contributed by atoms with Crippen molar-refractivity contribution in [1.29, 1.82) is 0 Å². The lowest BCUT2D eigenvalue weighted by atomic mass is 10.0. The number of hydrogen-bond acceptors (Lipinski definition) is 3. The van der Waals surface area contributed by atoms with E-state index in [4.69, 9.17) is 4.74 Å². The van der Waals surface area contributed by atoms with Crippen LogP contribution >= 0.6 is 15.9 Å². The third-order valence-electron chi connectivity index (χ3n) is 2.83. The Labute approximate surface area is 139 Å². The zero-order chi connectivity index (χ0) is 16.8. The van der Waals surface area contributed by atoms with Gasteiger partial charge in [-0.3, -0.25) is 4.79 Å². The SMILES string of the molecule is CNC(=O)C[C@@H](Cc1ccc(Br)cc1)NC(=O)OC(C)(C)C. The number of halogens is 1. The highest BCUT2D eigenvalue weighted by atomic mass is 79.9. The predicted molar refractivity (Wildman–Crippen MR) is 89.7 cm³/mol. The molecule has 0 radical (unpaired) electrons. The smallest absolute Gasteiger partial charge is 0.407 e. The van der Waals surface area contributed by atoms with E-state index in [1.54, 1.807) is 27.8 Å². The van der Waals surface area contributed by atoms with Gasteiger partial charge < -0.3 is 15.4 Å². The number of amides is 2. The van der Waals surface area contributed by atoms with E-state index in [2.05, 4.69) is 26.6 Å². The molecule has 5 nitrogen and oxygen atoms in total. The number of nitrogens with one attached hydrogen (secondary N) is 2. The Bertz CT molecular complexity index is 509. The molecule has 1 aromatic rings. The van der Waals surface area contributed by atoms with Crippen LogP contribution in [0.1, 0.15) is 32.8 Å². The molecule has 0 spiro atoms. The van der Waals surface area contributed by atoms with E-state index in [1.165, 1.54) is 0 Å². The van der Waals surface area contributed by atoms with Gasteiger partial charge in [0.2, 0.25) is 5.91 Å². The molecule has 0 aliphatic carbocycles. The Morgan fingerprint density at radius 3 is 2.32 bits per heavy atom. The molecule has 0 aliphatic rings. The maximum Gasteiger partial charge on any atom is 0.407 e. The van der Waals surface area contributed by atoms with Gasteiger partial charge in [0, 0.05) is 24.0 Å². The highest BCUT2D eigenvalue weighted by Crippen LogP contribution is 2.14. The van der Waals surface area contributed by atoms with E-state index in [0.717, 1.165) is 10.0 Å². The monoisotopic (exact) mass is 370 g/mol. The minimum Gasteiger partial charge on any atom is -0.444 e. The van der Waals surface area contributed by atoms with Crippen molar-refractivity contribution in [3.63, 3.8) is 0 Å². The number of ether oxygens (including phenoxy) is 1. The molecule has 0 bridgehead atoms. The fourth-order valence-corrected chi connectivity index (χ4v) is 2.14. The van der Waals surface area contributed by atoms with Gasteiger partial charge in [-0.2, -0.15) is 0 Å². The van der Waals surface area contributed by atoms with Gasteiger partial charge in [0.05, 0.1) is 0 Å². The first-order valence-electron chi connectivity index (χ1n) is 7.14. The quantitative estimate of drug-likeness (QED) is 0.836. The Morgan fingerprint density at radius 2 is 1.82 bits per heavy atom. The Balaban J connectivity index is 2.73. The summed E-state index contributed by atoms with van der Waals surface area (Å²) in [7, 11) is 1.58. The standard InChI is InChI=1S/C16H23BrN2O3/c1-16(2,3)22-15(21)19-13(10-14(20)18-4)9-11-5-7-12(17)8-6-11/h5-8,13H,9-10H2,1-4H3,(H,18,20)(H,19,21)/t13-/m1/s1. The lowest BCUT2D eigenvalue weighted by Gasteiger charge is -2.23. The lowest BCUT2D eigenvalue weighted by Crippen LogP contribution is -2.42. The average molecular weight is 371 g/mol. The molecule has 122 valence electrons. The summed E-state index contributed by atoms with van der Waals surface area (Å²) < 4.78 is 6.24. The zero-order valence-corrected chi connectivity index (χ0v) is 15.0. The van der Waals surface area contributed by atoms with Gasteiger partial charge in [-0.05, 0) is 44.9 Å². The molecule has 0 unspecified atom stereocenters. The molecule has 1 atom stereocenters. The van der Waals surface area contributed by atoms with Gasteiger partial charge in [-0.1, -0.05) is 28.1 Å². The number of rotatable bonds is 5. The van der Waals surface area contributed by atoms with Crippen molar-refractivity contribution >= 4 is 27.9 Å². The van der Waals surface area contributed by atoms with Crippen molar-refractivity contribution in [1.82, 2.24) is 10.6 Å². The summed E-state index contributed by atoms with van der Waals surface area (Å²) in [4.78, 5) is 23.5. The second kappa shape index (κ2) is 8.17. The molecule has 0 heterocycles. The Hall–Kier alpha value is -1.56. The van der Waals surface area contributed by atoms with Crippen molar-refractivity contribution in [2.24, 2.45) is 0 Å². The number of hydrogen-bond donors (Lipinski definition) is 2. The topological polar surface area (TPSA) is 67.4 Å². The van der Waals surface area contributed by atoms with Gasteiger partial charge in [-0.25, -0.2) is 4.79 Å². The van der Waals surface area contributed by atoms with Crippen LogP contribution in [0.4, 0.5) is 4.79 Å². The van der Waals surface area contributed by atoms with E-state index in [-0.39, 0.29) is 18.4 Å². The first-order valence-corrected chi connectivity index (χ1v) is 7.93. The van der Waals surface area contributed by atoms with Crippen molar-refractivity contribution < 1.29 is 14.3 Å². The van der Waals surface area contributed by atoms with Crippen LogP contribution < -0.4 is 10.6 Å². The Morgan fingerprint density at radius 1 is 1.23 bits per heavy atom. The lowest BCUT2D eigenvalue weighted by molar-refractivity contribution is -0.121. The summed E-state index contributed by atoms with van der Waals surface area (Å²) >= 11 is 3.38. The molecular formula is C16H23BrN2O3. The number of carbonyl (C=O) groups is 2. The van der Waals surface area contributed by atoms with Gasteiger partial charge in [0.1, 0.15) is 5.60 Å². The highest BCUT2D eigenvalue weighted by molar-refractivity contribution is 9.10. The maximum absolute atomic E-state index is 11.9. The molecule has 0 aromatic heterocycles. The number of carbonyl (C=O) groups excluding carboxylic acids is 2. The van der Waals surface area contributed by atoms with Crippen molar-refractivity contribution in [3.8, 4) is 0 Å². The fraction of sp³-hybridized carbons (Fsp3) is 0.500. The van der Waals surface area contributed by atoms with Crippen molar-refractivity contribution in [3.05, 3.63) is 34.3 Å². The molecule has 6 heteroatoms. The second-order valence-corrected chi connectivity index (χ2v) is 6.97. The largest absolute Gasteiger partial charge is 0.444 e. The van der Waals surface area contributed by atoms with Crippen LogP contribution in [0.15, 0.2) is 28.7 Å². The van der Waals surface area contributed by atoms with Gasteiger partial charge in [0.25, 0.3) is 0 Å². The van der Waals surface area contributed by atoms with E-state index < -0.39 is 11.7 Å². The fourth-order valence-electron chi connectivity index (χ4n) is 1.88. The molecule has 0 saturated carbocycles. The average Bonchev–Trinajstić information content (AvgIpc) is 2.38. The van der Waals surface area contributed by atoms with Crippen LogP contribution in [-0.2, 0) is 16.0 Å². The van der Waals surface area contributed by atoms with E-state index >= 15 is 0 Å². The first-order chi connectivity index (χ1) is 10.2. The third-order valence-corrected chi connectivity index (χ3v) is 3.36. The number of alkyl carbamates (subject to hydrolysis) is 1. The Kier molecular flexibility index (Phi) is 6.87. The molecule has 1 rings (SSSR count). The predicted octanol–water partition coefficient (Wildman–Crippen LogP) is 3.02. The van der Waals surface area contributed by atoms with Crippen molar-refractivity contribution in [2.75, 3.05) is 7.05 Å². The molecule has 0 saturated heterocycles. The molecule has 2 N–H and O–H groups in total. The summed E-state index contributed by atoms with van der Waals surface area (Å²) in [5.74, 6) is -0.127. The van der Waals surface area contributed by atoms with Crippen LogP contribution in [0.2, 0.25) is 0 Å². The van der Waals surface area contributed by atoms with Crippen LogP contribution in [0.25, 0.3) is 0 Å². The summed E-state index contributed by atoms with van der Waals surface area (Å²) in [5, 5.41) is 5.34. The van der Waals surface area contributed by atoms with Crippen LogP contribution in [-0.4, -0.2) is 30.7 Å². The van der Waals surface area contributed by atoms with E-state index in [1.807, 2.05) is 24.3 Å². The molecule has 0 fully saturated rings. The molecular weight excluding hydrogens is 348 g/mol.